The lowest BCUT2D eigenvalue weighted by Crippen LogP contribution is -2.78. The Labute approximate surface area is 194 Å². The molecule has 11 heteroatoms. The molecule has 1 aromatic rings. The third-order valence-corrected chi connectivity index (χ3v) is 6.03. The molecule has 2 atom stereocenters. The van der Waals surface area contributed by atoms with E-state index in [0.717, 1.165) is 43.5 Å². The second-order valence-corrected chi connectivity index (χ2v) is 9.19. The molecule has 0 aromatic carbocycles. The number of ether oxygens (including phenoxy) is 2. The molecule has 0 bridgehead atoms. The van der Waals surface area contributed by atoms with Crippen LogP contribution in [0.25, 0.3) is 5.57 Å². The molecule has 0 aliphatic carbocycles. The summed E-state index contributed by atoms with van der Waals surface area (Å²) in [5.41, 5.74) is 16.6. The molecule has 8 N–H and O–H groups in total. The molecule has 1 aliphatic heterocycles. The van der Waals surface area contributed by atoms with Crippen LogP contribution in [0.1, 0.15) is 57.6 Å². The summed E-state index contributed by atoms with van der Waals surface area (Å²) < 4.78 is 21.0. The number of carbonyl (C=O) groups is 1. The van der Waals surface area contributed by atoms with Gasteiger partial charge in [-0.3, -0.25) is 20.9 Å². The first-order valence-electron chi connectivity index (χ1n) is 11.4. The molecule has 0 saturated carbocycles. The fraction of sp³-hybridized carbons (Fsp3) is 0.714. The van der Waals surface area contributed by atoms with Crippen LogP contribution in [0.15, 0.2) is 6.08 Å². The summed E-state index contributed by atoms with van der Waals surface area (Å²) in [6, 6.07) is -0.419. The van der Waals surface area contributed by atoms with E-state index in [1.165, 1.54) is 24.6 Å². The van der Waals surface area contributed by atoms with Gasteiger partial charge in [-0.2, -0.15) is 4.37 Å². The lowest BCUT2D eigenvalue weighted by molar-refractivity contribution is -0.919. The van der Waals surface area contributed by atoms with Crippen molar-refractivity contribution in [2.75, 3.05) is 40.0 Å². The van der Waals surface area contributed by atoms with E-state index in [2.05, 4.69) is 39.5 Å². The van der Waals surface area contributed by atoms with Gasteiger partial charge in [-0.25, -0.2) is 4.79 Å². The van der Waals surface area contributed by atoms with Gasteiger partial charge in [0.1, 0.15) is 12.2 Å². The average molecular weight is 471 g/mol. The predicted octanol–water partition coefficient (Wildman–Crippen LogP) is -1.02. The number of hydrogen-bond donors (Lipinski definition) is 4. The SMILES string of the molecule is CCCCCCOc1nsnc1C1=CCC[N+](C)(COC(=O)[C@@H]([NH3+])CCC[NH+]=C(N)N)C1. The van der Waals surface area contributed by atoms with Gasteiger partial charge in [-0.05, 0) is 12.8 Å². The van der Waals surface area contributed by atoms with E-state index < -0.39 is 6.04 Å². The quantitative estimate of drug-likeness (QED) is 0.0891. The van der Waals surface area contributed by atoms with Crippen molar-refractivity contribution in [1.29, 1.82) is 0 Å². The van der Waals surface area contributed by atoms with Gasteiger partial charge < -0.3 is 15.2 Å². The zero-order valence-electron chi connectivity index (χ0n) is 19.5. The minimum absolute atomic E-state index is 0.180. The van der Waals surface area contributed by atoms with E-state index in [1.54, 1.807) is 0 Å². The fourth-order valence-electron chi connectivity index (χ4n) is 3.59. The first-order chi connectivity index (χ1) is 15.3. The van der Waals surface area contributed by atoms with E-state index in [0.29, 0.717) is 43.2 Å². The number of hydrogen-bond acceptors (Lipinski definition) is 6. The van der Waals surface area contributed by atoms with Gasteiger partial charge in [0.15, 0.2) is 6.04 Å². The molecule has 10 nitrogen and oxygen atoms in total. The van der Waals surface area contributed by atoms with Crippen LogP contribution in [0.2, 0.25) is 0 Å². The van der Waals surface area contributed by atoms with Crippen molar-refractivity contribution < 1.29 is 29.5 Å². The molecular formula is C21H40N7O3S+3. The number of nitrogens with one attached hydrogen (secondary N) is 1. The third-order valence-electron chi connectivity index (χ3n) is 5.52. The maximum atomic E-state index is 12.4. The van der Waals surface area contributed by atoms with E-state index in [9.17, 15) is 4.79 Å². The standard InChI is InChI=1S/C21H38N7O3S/c1-3-4-5-6-13-30-19-18(26-32-27-19)16-9-8-12-28(2,14-16)15-31-20(29)17(22)10-7-11-25-21(23)24/h9,17H,3-8,10-15,22H2,1-2H3,(H4,23,24,25)/q+1/p+2/t17-,28?/m0/s1. The van der Waals surface area contributed by atoms with Gasteiger partial charge in [-0.1, -0.05) is 32.3 Å². The van der Waals surface area contributed by atoms with Crippen molar-refractivity contribution in [3.05, 3.63) is 11.8 Å². The van der Waals surface area contributed by atoms with Crippen molar-refractivity contribution in [2.45, 2.75) is 57.9 Å². The third kappa shape index (κ3) is 8.71. The lowest BCUT2D eigenvalue weighted by atomic mass is 10.1. The Hall–Kier alpha value is -2.24. The number of nitrogens with two attached hydrogens (primary N) is 2. The van der Waals surface area contributed by atoms with Gasteiger partial charge in [0.25, 0.3) is 5.88 Å². The number of unbranched alkanes of at least 4 members (excludes halogenated alkanes) is 3. The Morgan fingerprint density at radius 1 is 1.31 bits per heavy atom. The highest BCUT2D eigenvalue weighted by Gasteiger charge is 2.32. The molecule has 1 aromatic heterocycles. The van der Waals surface area contributed by atoms with Gasteiger partial charge >= 0.3 is 11.9 Å². The number of rotatable bonds is 14. The number of guanidine groups is 1. The Balaban J connectivity index is 1.84. The van der Waals surface area contributed by atoms with E-state index in [-0.39, 0.29) is 11.9 Å². The molecule has 180 valence electrons. The Bertz CT molecular complexity index is 779. The van der Waals surface area contributed by atoms with Gasteiger partial charge in [-0.15, -0.1) is 4.37 Å². The Morgan fingerprint density at radius 2 is 2.12 bits per heavy atom. The van der Waals surface area contributed by atoms with Crippen molar-refractivity contribution in [3.63, 3.8) is 0 Å². The number of carbonyl (C=O) groups excluding carboxylic acids is 1. The van der Waals surface area contributed by atoms with Crippen LogP contribution in [0.5, 0.6) is 5.88 Å². The van der Waals surface area contributed by atoms with Crippen LogP contribution in [0, 0.1) is 0 Å². The summed E-state index contributed by atoms with van der Waals surface area (Å²) in [5.74, 6) is 0.515. The molecule has 2 heterocycles. The molecule has 2 rings (SSSR count). The average Bonchev–Trinajstić information content (AvgIpc) is 3.23. The topological polar surface area (TPSA) is 155 Å². The molecule has 0 saturated heterocycles. The maximum absolute atomic E-state index is 12.4. The highest BCUT2D eigenvalue weighted by molar-refractivity contribution is 6.99. The molecule has 1 unspecified atom stereocenters. The lowest BCUT2D eigenvalue weighted by Gasteiger charge is -2.36. The molecule has 0 amide bonds. The van der Waals surface area contributed by atoms with Crippen LogP contribution in [-0.2, 0) is 9.53 Å². The second kappa shape index (κ2) is 13.3. The van der Waals surface area contributed by atoms with Crippen molar-refractivity contribution in [3.8, 4) is 5.88 Å². The summed E-state index contributed by atoms with van der Waals surface area (Å²) in [7, 11) is 2.09. The van der Waals surface area contributed by atoms with Crippen LogP contribution in [0.3, 0.4) is 0 Å². The molecular weight excluding hydrogens is 430 g/mol. The number of aromatic nitrogens is 2. The largest absolute Gasteiger partial charge is 0.475 e. The number of quaternary nitrogens is 2. The fourth-order valence-corrected chi connectivity index (χ4v) is 4.12. The summed E-state index contributed by atoms with van der Waals surface area (Å²) in [4.78, 5) is 15.2. The number of likely N-dealkylation sites (N-methyl/N-ethyl adjacent to an activating group) is 1. The smallest absolute Gasteiger partial charge is 0.369 e. The summed E-state index contributed by atoms with van der Waals surface area (Å²) in [6.45, 7) is 5.36. The Kier molecular flexibility index (Phi) is 10.8. The van der Waals surface area contributed by atoms with Crippen LogP contribution >= 0.6 is 11.7 Å². The molecule has 0 radical (unpaired) electrons. The van der Waals surface area contributed by atoms with Crippen molar-refractivity contribution >= 4 is 29.2 Å². The molecule has 0 fully saturated rings. The van der Waals surface area contributed by atoms with Crippen LogP contribution in [-0.4, -0.2) is 71.2 Å². The highest BCUT2D eigenvalue weighted by atomic mass is 32.1. The van der Waals surface area contributed by atoms with Gasteiger partial charge in [0, 0.05) is 18.4 Å². The number of nitrogens with zero attached hydrogens (tertiary/aromatic N) is 3. The zero-order valence-corrected chi connectivity index (χ0v) is 20.3. The van der Waals surface area contributed by atoms with Gasteiger partial charge in [0.05, 0.1) is 38.5 Å². The summed E-state index contributed by atoms with van der Waals surface area (Å²) in [5, 5.41) is 0. The Morgan fingerprint density at radius 3 is 2.88 bits per heavy atom. The van der Waals surface area contributed by atoms with Crippen LogP contribution < -0.4 is 26.9 Å². The minimum atomic E-state index is -0.419. The first-order valence-corrected chi connectivity index (χ1v) is 12.2. The second-order valence-electron chi connectivity index (χ2n) is 8.66. The summed E-state index contributed by atoms with van der Waals surface area (Å²) in [6.07, 6.45) is 9.02. The number of esters is 1. The zero-order chi connectivity index (χ0) is 23.4. The van der Waals surface area contributed by atoms with E-state index >= 15 is 0 Å². The van der Waals surface area contributed by atoms with Crippen LogP contribution in [0.4, 0.5) is 0 Å². The van der Waals surface area contributed by atoms with Gasteiger partial charge in [0.2, 0.25) is 6.73 Å². The molecule has 0 spiro atoms. The van der Waals surface area contributed by atoms with Crippen molar-refractivity contribution in [2.24, 2.45) is 11.5 Å². The van der Waals surface area contributed by atoms with E-state index in [1.807, 2.05) is 0 Å². The maximum Gasteiger partial charge on any atom is 0.369 e. The summed E-state index contributed by atoms with van der Waals surface area (Å²) >= 11 is 1.17. The predicted molar refractivity (Wildman–Crippen MR) is 124 cm³/mol. The van der Waals surface area contributed by atoms with E-state index in [4.69, 9.17) is 20.9 Å². The first kappa shape index (κ1) is 26.0. The minimum Gasteiger partial charge on any atom is -0.475 e. The highest BCUT2D eigenvalue weighted by Crippen LogP contribution is 2.30. The normalized spacial score (nSPS) is 19.2. The molecule has 32 heavy (non-hydrogen) atoms. The monoisotopic (exact) mass is 470 g/mol. The van der Waals surface area contributed by atoms with Crippen molar-refractivity contribution in [1.82, 2.24) is 8.75 Å². The molecule has 1 aliphatic rings.